The number of benzene rings is 1. The molecule has 0 bridgehead atoms. The lowest BCUT2D eigenvalue weighted by molar-refractivity contribution is -0.647. The van der Waals surface area contributed by atoms with Crippen LogP contribution in [-0.4, -0.2) is 40.1 Å². The van der Waals surface area contributed by atoms with Crippen molar-refractivity contribution in [3.05, 3.63) is 43.1 Å². The van der Waals surface area contributed by atoms with Crippen molar-refractivity contribution in [3.63, 3.8) is 0 Å². The number of amides is 1. The summed E-state index contributed by atoms with van der Waals surface area (Å²) in [6.07, 6.45) is 2.55. The predicted octanol–water partition coefficient (Wildman–Crippen LogP) is 3.16. The topological polar surface area (TPSA) is 128 Å². The summed E-state index contributed by atoms with van der Waals surface area (Å²) in [5.74, 6) is -1.50. The number of halogens is 2. The Kier molecular flexibility index (Phi) is 6.88. The van der Waals surface area contributed by atoms with Crippen LogP contribution in [0.15, 0.2) is 38.0 Å². The zero-order chi connectivity index (χ0) is 24.1. The molecule has 0 saturated carbocycles. The summed E-state index contributed by atoms with van der Waals surface area (Å²) >= 11 is 13.4. The summed E-state index contributed by atoms with van der Waals surface area (Å²) in [5.41, 5.74) is 0.603. The average Bonchev–Trinajstić information content (AvgIpc) is 3.26. The fraction of sp³-hybridized carbons (Fsp3) is 0.176. The minimum Gasteiger partial charge on any atom is -0.743 e. The van der Waals surface area contributed by atoms with E-state index in [1.807, 2.05) is 10.8 Å². The second kappa shape index (κ2) is 9.11. The van der Waals surface area contributed by atoms with Gasteiger partial charge in [0.1, 0.15) is 11.2 Å². The number of nitrogens with one attached hydrogen (secondary N) is 1. The van der Waals surface area contributed by atoms with Crippen LogP contribution >= 0.6 is 62.0 Å². The van der Waals surface area contributed by atoms with Gasteiger partial charge in [-0.25, -0.2) is 16.8 Å². The highest BCUT2D eigenvalue weighted by molar-refractivity contribution is 9.11. The van der Waals surface area contributed by atoms with Crippen molar-refractivity contribution in [1.29, 1.82) is 0 Å². The fourth-order valence-corrected chi connectivity index (χ4v) is 8.69. The Bertz CT molecular complexity index is 1530. The molecular formula is C17H13BrClN3O6S5. The number of hydrogen-bond acceptors (Lipinski definition) is 10. The van der Waals surface area contributed by atoms with E-state index in [1.165, 1.54) is 39.0 Å². The van der Waals surface area contributed by atoms with Crippen molar-refractivity contribution in [1.82, 2.24) is 4.72 Å². The third-order valence-electron chi connectivity index (χ3n) is 4.20. The predicted molar refractivity (Wildman–Crippen MR) is 133 cm³/mol. The number of rotatable bonds is 6. The number of thiazole rings is 1. The Balaban J connectivity index is 1.80. The molecule has 1 aliphatic rings. The van der Waals surface area contributed by atoms with E-state index in [0.717, 1.165) is 19.6 Å². The van der Waals surface area contributed by atoms with Gasteiger partial charge in [0.15, 0.2) is 10.1 Å². The molecule has 1 aliphatic heterocycles. The Morgan fingerprint density at radius 2 is 2.00 bits per heavy atom. The molecule has 1 amide bonds. The van der Waals surface area contributed by atoms with Gasteiger partial charge in [0, 0.05) is 9.92 Å². The van der Waals surface area contributed by atoms with Gasteiger partial charge in [-0.2, -0.15) is 4.57 Å². The van der Waals surface area contributed by atoms with Gasteiger partial charge >= 0.3 is 0 Å². The fourth-order valence-electron chi connectivity index (χ4n) is 3.09. The zero-order valence-electron chi connectivity index (χ0n) is 16.4. The van der Waals surface area contributed by atoms with E-state index in [-0.39, 0.29) is 6.54 Å². The van der Waals surface area contributed by atoms with Gasteiger partial charge in [-0.1, -0.05) is 46.0 Å². The molecule has 176 valence electrons. The number of fused-ring (bicyclic) bond motifs is 2. The molecule has 0 spiro atoms. The van der Waals surface area contributed by atoms with Crippen LogP contribution in [0.3, 0.4) is 0 Å². The SMILES string of the molecule is CS(=O)(=O)NC(=O)CN1C(=Cc2sc3cc(Br)sc3[n+]2CS(=O)(=O)[O-])Sc2ccc(Cl)cc21. The summed E-state index contributed by atoms with van der Waals surface area (Å²) in [5, 5.41) is 1.46. The number of anilines is 1. The van der Waals surface area contributed by atoms with Gasteiger partial charge in [-0.05, 0) is 40.2 Å². The molecule has 16 heteroatoms. The molecular weight excluding hydrogens is 618 g/mol. The Morgan fingerprint density at radius 1 is 1.27 bits per heavy atom. The molecule has 4 rings (SSSR count). The third-order valence-corrected chi connectivity index (χ3v) is 9.59. The minimum absolute atomic E-state index is 0.315. The molecule has 0 fully saturated rings. The van der Waals surface area contributed by atoms with Crippen LogP contribution in [0.25, 0.3) is 15.6 Å². The molecule has 0 saturated heterocycles. The van der Waals surface area contributed by atoms with Gasteiger partial charge in [0.05, 0.1) is 26.8 Å². The summed E-state index contributed by atoms with van der Waals surface area (Å²) in [7, 11) is -8.34. The first-order valence-electron chi connectivity index (χ1n) is 8.81. The highest BCUT2D eigenvalue weighted by Gasteiger charge is 2.31. The molecule has 1 aromatic carbocycles. The number of nitrogens with zero attached hydrogens (tertiary/aromatic N) is 2. The van der Waals surface area contributed by atoms with E-state index in [2.05, 4.69) is 15.9 Å². The maximum atomic E-state index is 12.4. The summed E-state index contributed by atoms with van der Waals surface area (Å²) in [6, 6.07) is 6.94. The first kappa shape index (κ1) is 24.9. The van der Waals surface area contributed by atoms with Gasteiger partial charge in [-0.3, -0.25) is 9.52 Å². The zero-order valence-corrected chi connectivity index (χ0v) is 22.9. The van der Waals surface area contributed by atoms with E-state index in [4.69, 9.17) is 11.6 Å². The smallest absolute Gasteiger partial charge is 0.282 e. The summed E-state index contributed by atoms with van der Waals surface area (Å²) < 4.78 is 62.6. The molecule has 3 heterocycles. The van der Waals surface area contributed by atoms with Gasteiger partial charge in [0.2, 0.25) is 15.9 Å². The van der Waals surface area contributed by atoms with Crippen molar-refractivity contribution in [3.8, 4) is 0 Å². The number of carbonyl (C=O) groups excluding carboxylic acids is 1. The number of sulfonamides is 1. The van der Waals surface area contributed by atoms with E-state index in [0.29, 0.717) is 25.6 Å². The minimum atomic E-state index is -4.58. The molecule has 1 N–H and O–H groups in total. The summed E-state index contributed by atoms with van der Waals surface area (Å²) in [4.78, 5) is 15.4. The molecule has 0 radical (unpaired) electrons. The van der Waals surface area contributed by atoms with Crippen molar-refractivity contribution in [2.45, 2.75) is 10.8 Å². The average molecular weight is 631 g/mol. The molecule has 33 heavy (non-hydrogen) atoms. The molecule has 9 nitrogen and oxygen atoms in total. The quantitative estimate of drug-likeness (QED) is 0.325. The number of aromatic nitrogens is 1. The van der Waals surface area contributed by atoms with Crippen molar-refractivity contribution in [2.75, 3.05) is 17.7 Å². The lowest BCUT2D eigenvalue weighted by atomic mass is 10.3. The highest BCUT2D eigenvalue weighted by atomic mass is 79.9. The molecule has 0 aliphatic carbocycles. The monoisotopic (exact) mass is 629 g/mol. The Morgan fingerprint density at radius 3 is 2.67 bits per heavy atom. The first-order chi connectivity index (χ1) is 15.3. The maximum Gasteiger partial charge on any atom is 0.282 e. The third kappa shape index (κ3) is 5.90. The number of carbonyl (C=O) groups is 1. The van der Waals surface area contributed by atoms with Crippen LogP contribution in [0.5, 0.6) is 0 Å². The normalized spacial score (nSPS) is 15.4. The lowest BCUT2D eigenvalue weighted by Gasteiger charge is -2.19. The van der Waals surface area contributed by atoms with Crippen molar-refractivity contribution in [2.24, 2.45) is 0 Å². The Hall–Kier alpha value is -1.20. The maximum absolute atomic E-state index is 12.4. The number of thiophene rings is 1. The van der Waals surface area contributed by atoms with Crippen LogP contribution in [0.1, 0.15) is 5.01 Å². The largest absolute Gasteiger partial charge is 0.743 e. The number of hydrogen-bond donors (Lipinski definition) is 1. The molecule has 0 unspecified atom stereocenters. The summed E-state index contributed by atoms with van der Waals surface area (Å²) in [6.45, 7) is -0.315. The molecule has 0 atom stereocenters. The van der Waals surface area contributed by atoms with Gasteiger partial charge in [-0.15, -0.1) is 0 Å². The second-order valence-corrected chi connectivity index (χ2v) is 14.9. The van der Waals surface area contributed by atoms with Crippen LogP contribution in [0.2, 0.25) is 5.02 Å². The van der Waals surface area contributed by atoms with Gasteiger partial charge < -0.3 is 9.45 Å². The second-order valence-electron chi connectivity index (χ2n) is 6.86. The van der Waals surface area contributed by atoms with E-state index in [1.54, 1.807) is 29.2 Å². The van der Waals surface area contributed by atoms with Crippen LogP contribution in [0, 0.1) is 0 Å². The van der Waals surface area contributed by atoms with E-state index < -0.39 is 31.9 Å². The first-order valence-corrected chi connectivity index (χ1v) is 15.9. The van der Waals surface area contributed by atoms with E-state index >= 15 is 0 Å². The van der Waals surface area contributed by atoms with Gasteiger partial charge in [0.25, 0.3) is 15.7 Å². The van der Waals surface area contributed by atoms with Crippen LogP contribution in [-0.2, 0) is 30.8 Å². The van der Waals surface area contributed by atoms with Crippen LogP contribution < -0.4 is 14.2 Å². The van der Waals surface area contributed by atoms with Crippen molar-refractivity contribution < 1.29 is 30.7 Å². The molecule has 3 aromatic rings. The lowest BCUT2D eigenvalue weighted by Crippen LogP contribution is -2.39. The highest BCUT2D eigenvalue weighted by Crippen LogP contribution is 2.48. The van der Waals surface area contributed by atoms with Crippen LogP contribution in [0.4, 0.5) is 5.69 Å². The van der Waals surface area contributed by atoms with E-state index in [9.17, 15) is 26.2 Å². The Labute approximate surface area is 215 Å². The molecule has 2 aromatic heterocycles. The number of thioether (sulfide) groups is 1. The standard InChI is InChI=1S/C17H13BrClN3O6S5/c1-32(24,25)20-14(23)7-21-10-4-9(19)2-3-11(10)29-15(21)6-16-22(8-33(26,27)28)17-12(30-16)5-13(18)31-17/h2-6H,7-8H2,1H3,(H-,20,23,26,27,28). The van der Waals surface area contributed by atoms with Crippen molar-refractivity contribution >= 4 is 109 Å².